The fraction of sp³-hybridized carbons (Fsp3) is 0.571. The Morgan fingerprint density at radius 2 is 2.05 bits per heavy atom. The van der Waals surface area contributed by atoms with Crippen molar-refractivity contribution in [2.75, 3.05) is 26.2 Å². The summed E-state index contributed by atoms with van der Waals surface area (Å²) in [4.78, 5) is 1.84. The lowest BCUT2D eigenvalue weighted by Crippen LogP contribution is -2.40. The maximum absolute atomic E-state index is 12.4. The van der Waals surface area contributed by atoms with Gasteiger partial charge in [-0.3, -0.25) is 4.90 Å². The third kappa shape index (κ3) is 5.22. The van der Waals surface area contributed by atoms with Crippen molar-refractivity contribution in [3.63, 3.8) is 0 Å². The van der Waals surface area contributed by atoms with Gasteiger partial charge in [-0.25, -0.2) is 8.78 Å². The van der Waals surface area contributed by atoms with Crippen LogP contribution in [0, 0.1) is 9.49 Å². The number of piperidine rings is 1. The molecule has 0 N–H and O–H groups in total. The van der Waals surface area contributed by atoms with E-state index in [0.29, 0.717) is 19.1 Å². The lowest BCUT2D eigenvalue weighted by Gasteiger charge is -2.32. The van der Waals surface area contributed by atoms with E-state index in [9.17, 15) is 8.78 Å². The molecule has 106 valence electrons. The first-order valence-electron chi connectivity index (χ1n) is 6.52. The largest absolute Gasteiger partial charge is 0.493 e. The summed E-state index contributed by atoms with van der Waals surface area (Å²) in [5, 5.41) is 0. The number of alkyl halides is 2. The number of nitrogens with zero attached hydrogens (tertiary/aromatic N) is 1. The van der Waals surface area contributed by atoms with Gasteiger partial charge in [-0.15, -0.1) is 0 Å². The molecule has 1 aromatic rings. The molecule has 1 saturated heterocycles. The minimum atomic E-state index is -2.24. The van der Waals surface area contributed by atoms with Crippen LogP contribution in [0.2, 0.25) is 0 Å². The lowest BCUT2D eigenvalue weighted by molar-refractivity contribution is 0.0552. The molecule has 1 aliphatic rings. The van der Waals surface area contributed by atoms with Crippen molar-refractivity contribution in [2.45, 2.75) is 19.3 Å². The maximum atomic E-state index is 12.4. The minimum Gasteiger partial charge on any atom is -0.493 e. The van der Waals surface area contributed by atoms with E-state index in [1.807, 2.05) is 29.2 Å². The first kappa shape index (κ1) is 15.0. The molecule has 1 fully saturated rings. The third-order valence-corrected chi connectivity index (χ3v) is 4.02. The molecule has 1 heterocycles. The monoisotopic (exact) mass is 381 g/mol. The highest BCUT2D eigenvalue weighted by molar-refractivity contribution is 14.1. The van der Waals surface area contributed by atoms with E-state index in [1.54, 1.807) is 0 Å². The zero-order valence-corrected chi connectivity index (χ0v) is 12.9. The van der Waals surface area contributed by atoms with Crippen molar-refractivity contribution in [1.29, 1.82) is 0 Å². The highest BCUT2D eigenvalue weighted by Gasteiger charge is 2.22. The van der Waals surface area contributed by atoms with Crippen LogP contribution in [0.1, 0.15) is 12.8 Å². The van der Waals surface area contributed by atoms with Crippen LogP contribution < -0.4 is 4.74 Å². The average Bonchev–Trinajstić information content (AvgIpc) is 2.38. The number of hydrogen-bond donors (Lipinski definition) is 0. The van der Waals surface area contributed by atoms with E-state index < -0.39 is 6.43 Å². The first-order chi connectivity index (χ1) is 9.13. The van der Waals surface area contributed by atoms with Gasteiger partial charge in [0.15, 0.2) is 0 Å². The molecule has 0 amide bonds. The standard InChI is InChI=1S/C14H18F2INO/c15-14(16)9-18-7-1-2-11(8-18)10-19-13-5-3-12(17)4-6-13/h3-6,11,14H,1-2,7-10H2/t11-/m1/s1. The molecule has 0 bridgehead atoms. The van der Waals surface area contributed by atoms with E-state index in [2.05, 4.69) is 22.6 Å². The molecule has 19 heavy (non-hydrogen) atoms. The lowest BCUT2D eigenvalue weighted by atomic mass is 9.99. The van der Waals surface area contributed by atoms with Gasteiger partial charge in [-0.05, 0) is 66.2 Å². The molecular formula is C14H18F2INO. The fourth-order valence-electron chi connectivity index (χ4n) is 2.39. The molecule has 0 spiro atoms. The van der Waals surface area contributed by atoms with Crippen LogP contribution in [0.4, 0.5) is 8.78 Å². The molecule has 1 atom stereocenters. The number of benzene rings is 1. The molecule has 0 unspecified atom stereocenters. The van der Waals surface area contributed by atoms with E-state index in [1.165, 1.54) is 3.57 Å². The van der Waals surface area contributed by atoms with Gasteiger partial charge in [-0.1, -0.05) is 0 Å². The average molecular weight is 381 g/mol. The molecular weight excluding hydrogens is 363 g/mol. The SMILES string of the molecule is FC(F)CN1CCC[C@@H](COc2ccc(I)cc2)C1. The summed E-state index contributed by atoms with van der Waals surface area (Å²) >= 11 is 2.25. The van der Waals surface area contributed by atoms with Gasteiger partial charge >= 0.3 is 0 Å². The molecule has 1 aliphatic heterocycles. The zero-order chi connectivity index (χ0) is 13.7. The number of rotatable bonds is 5. The normalized spacial score (nSPS) is 20.7. The Hall–Kier alpha value is -0.430. The topological polar surface area (TPSA) is 12.5 Å². The predicted molar refractivity (Wildman–Crippen MR) is 79.8 cm³/mol. The Morgan fingerprint density at radius 3 is 2.74 bits per heavy atom. The van der Waals surface area contributed by atoms with Gasteiger partial charge in [0.1, 0.15) is 5.75 Å². The number of ether oxygens (including phenoxy) is 1. The Kier molecular flexibility index (Phi) is 5.81. The number of hydrogen-bond acceptors (Lipinski definition) is 2. The second-order valence-electron chi connectivity index (χ2n) is 4.92. The van der Waals surface area contributed by atoms with Crippen molar-refractivity contribution in [1.82, 2.24) is 4.90 Å². The van der Waals surface area contributed by atoms with Crippen LogP contribution in [-0.4, -0.2) is 37.6 Å². The van der Waals surface area contributed by atoms with Crippen molar-refractivity contribution in [3.05, 3.63) is 27.8 Å². The van der Waals surface area contributed by atoms with Crippen molar-refractivity contribution >= 4 is 22.6 Å². The molecule has 0 saturated carbocycles. The quantitative estimate of drug-likeness (QED) is 0.723. The zero-order valence-electron chi connectivity index (χ0n) is 10.7. The van der Waals surface area contributed by atoms with E-state index in [0.717, 1.165) is 25.1 Å². The molecule has 2 nitrogen and oxygen atoms in total. The summed E-state index contributed by atoms with van der Waals surface area (Å²) in [6, 6.07) is 7.89. The molecule has 2 rings (SSSR count). The molecule has 5 heteroatoms. The van der Waals surface area contributed by atoms with E-state index in [4.69, 9.17) is 4.74 Å². The van der Waals surface area contributed by atoms with Crippen molar-refractivity contribution in [3.8, 4) is 5.75 Å². The van der Waals surface area contributed by atoms with E-state index in [-0.39, 0.29) is 6.54 Å². The Morgan fingerprint density at radius 1 is 1.32 bits per heavy atom. The second kappa shape index (κ2) is 7.38. The van der Waals surface area contributed by atoms with Crippen LogP contribution >= 0.6 is 22.6 Å². The van der Waals surface area contributed by atoms with Gasteiger partial charge < -0.3 is 4.74 Å². The molecule has 1 aromatic carbocycles. The minimum absolute atomic E-state index is 0.111. The van der Waals surface area contributed by atoms with Crippen LogP contribution in [0.3, 0.4) is 0 Å². The Bertz CT molecular complexity index is 386. The predicted octanol–water partition coefficient (Wildman–Crippen LogP) is 3.65. The van der Waals surface area contributed by atoms with Crippen LogP contribution in [-0.2, 0) is 0 Å². The molecule has 0 radical (unpaired) electrons. The van der Waals surface area contributed by atoms with Crippen LogP contribution in [0.5, 0.6) is 5.75 Å². The summed E-state index contributed by atoms with van der Waals surface area (Å²) in [5.41, 5.74) is 0. The summed E-state index contributed by atoms with van der Waals surface area (Å²) in [6.45, 7) is 2.00. The molecule has 0 aromatic heterocycles. The second-order valence-corrected chi connectivity index (χ2v) is 6.17. The van der Waals surface area contributed by atoms with Gasteiger partial charge in [0.2, 0.25) is 0 Å². The fourth-order valence-corrected chi connectivity index (χ4v) is 2.75. The highest BCUT2D eigenvalue weighted by Crippen LogP contribution is 2.20. The Balaban J connectivity index is 1.77. The van der Waals surface area contributed by atoms with Crippen molar-refractivity contribution < 1.29 is 13.5 Å². The first-order valence-corrected chi connectivity index (χ1v) is 7.60. The van der Waals surface area contributed by atoms with Gasteiger partial charge in [-0.2, -0.15) is 0 Å². The smallest absolute Gasteiger partial charge is 0.251 e. The van der Waals surface area contributed by atoms with Crippen LogP contribution in [0.15, 0.2) is 24.3 Å². The van der Waals surface area contributed by atoms with Gasteiger partial charge in [0.25, 0.3) is 6.43 Å². The Labute approximate surface area is 126 Å². The van der Waals surface area contributed by atoms with E-state index >= 15 is 0 Å². The number of halogens is 3. The summed E-state index contributed by atoms with van der Waals surface area (Å²) in [5.74, 6) is 1.21. The van der Waals surface area contributed by atoms with Crippen LogP contribution in [0.25, 0.3) is 0 Å². The summed E-state index contributed by atoms with van der Waals surface area (Å²) < 4.78 is 31.6. The van der Waals surface area contributed by atoms with Crippen molar-refractivity contribution in [2.24, 2.45) is 5.92 Å². The number of likely N-dealkylation sites (tertiary alicyclic amines) is 1. The van der Waals surface area contributed by atoms with Gasteiger partial charge in [0.05, 0.1) is 13.2 Å². The summed E-state index contributed by atoms with van der Waals surface area (Å²) in [7, 11) is 0. The molecule has 0 aliphatic carbocycles. The maximum Gasteiger partial charge on any atom is 0.251 e. The highest BCUT2D eigenvalue weighted by atomic mass is 127. The summed E-state index contributed by atoms with van der Waals surface area (Å²) in [6.07, 6.45) is -0.201. The third-order valence-electron chi connectivity index (χ3n) is 3.30. The van der Waals surface area contributed by atoms with Gasteiger partial charge in [0, 0.05) is 16.0 Å².